The van der Waals surface area contributed by atoms with Crippen LogP contribution in [0.25, 0.3) is 10.2 Å². The summed E-state index contributed by atoms with van der Waals surface area (Å²) in [5.74, 6) is 0. The van der Waals surface area contributed by atoms with E-state index in [2.05, 4.69) is 35.0 Å². The molecule has 2 aromatic rings. The summed E-state index contributed by atoms with van der Waals surface area (Å²) in [4.78, 5) is 9.54. The fourth-order valence-electron chi connectivity index (χ4n) is 3.01. The lowest BCUT2D eigenvalue weighted by Gasteiger charge is -2.33. The van der Waals surface area contributed by atoms with Gasteiger partial charge in [-0.05, 0) is 19.2 Å². The molecular weight excluding hydrogens is 258 g/mol. The van der Waals surface area contributed by atoms with Crippen molar-refractivity contribution in [1.29, 1.82) is 0 Å². The molecule has 0 radical (unpaired) electrons. The van der Waals surface area contributed by atoms with Gasteiger partial charge in [-0.1, -0.05) is 23.5 Å². The van der Waals surface area contributed by atoms with Crippen molar-refractivity contribution in [2.75, 3.05) is 38.2 Å². The first-order chi connectivity index (χ1) is 9.31. The first-order valence-electron chi connectivity index (χ1n) is 6.73. The molecule has 2 atom stereocenters. The minimum atomic E-state index is 0.339. The Hall–Kier alpha value is -1.17. The third kappa shape index (κ3) is 1.93. The Morgan fingerprint density at radius 2 is 2.21 bits per heavy atom. The van der Waals surface area contributed by atoms with Gasteiger partial charge in [-0.25, -0.2) is 4.98 Å². The summed E-state index contributed by atoms with van der Waals surface area (Å²) in [5, 5.41) is 1.13. The summed E-state index contributed by atoms with van der Waals surface area (Å²) in [5.41, 5.74) is 1.10. The quantitative estimate of drug-likeness (QED) is 0.794. The molecular formula is C14H17N3OS. The fourth-order valence-corrected chi connectivity index (χ4v) is 3.99. The summed E-state index contributed by atoms with van der Waals surface area (Å²) in [6.07, 6.45) is 0.339. The first kappa shape index (κ1) is 11.6. The zero-order valence-electron chi connectivity index (χ0n) is 11.0. The predicted molar refractivity (Wildman–Crippen MR) is 78.0 cm³/mol. The van der Waals surface area contributed by atoms with Gasteiger partial charge >= 0.3 is 0 Å². The Morgan fingerprint density at radius 1 is 1.32 bits per heavy atom. The standard InChI is InChI=1S/C14H17N3OS/c1-16-6-7-18-12-9-17(8-11(12)16)14-15-10-4-2-3-5-13(10)19-14/h2-5,11-12H,6-9H2,1H3. The molecule has 2 unspecified atom stereocenters. The van der Waals surface area contributed by atoms with Crippen LogP contribution in [0.1, 0.15) is 0 Å². The predicted octanol–water partition coefficient (Wildman–Crippen LogP) is 1.82. The SMILES string of the molecule is CN1CCOC2CN(c3nc4ccccc4s3)CC21. The van der Waals surface area contributed by atoms with Gasteiger partial charge < -0.3 is 9.64 Å². The lowest BCUT2D eigenvalue weighted by molar-refractivity contribution is -0.0362. The van der Waals surface area contributed by atoms with Crippen LogP contribution >= 0.6 is 11.3 Å². The van der Waals surface area contributed by atoms with Crippen LogP contribution in [-0.2, 0) is 4.74 Å². The van der Waals surface area contributed by atoms with Crippen molar-refractivity contribution in [1.82, 2.24) is 9.88 Å². The second-order valence-corrected chi connectivity index (χ2v) is 6.34. The van der Waals surface area contributed by atoms with E-state index in [9.17, 15) is 0 Å². The highest BCUT2D eigenvalue weighted by Gasteiger charge is 2.39. The van der Waals surface area contributed by atoms with E-state index in [1.54, 1.807) is 11.3 Å². The third-order valence-electron chi connectivity index (χ3n) is 4.13. The van der Waals surface area contributed by atoms with E-state index in [-0.39, 0.29) is 0 Å². The third-order valence-corrected chi connectivity index (χ3v) is 5.23. The molecule has 0 aliphatic carbocycles. The van der Waals surface area contributed by atoms with E-state index < -0.39 is 0 Å². The van der Waals surface area contributed by atoms with Gasteiger partial charge in [0, 0.05) is 19.6 Å². The number of rotatable bonds is 1. The van der Waals surface area contributed by atoms with Crippen molar-refractivity contribution in [2.24, 2.45) is 0 Å². The van der Waals surface area contributed by atoms with Gasteiger partial charge in [0.05, 0.1) is 29.0 Å². The summed E-state index contributed by atoms with van der Waals surface area (Å²) < 4.78 is 7.16. The molecule has 1 aromatic heterocycles. The monoisotopic (exact) mass is 275 g/mol. The molecule has 100 valence electrons. The van der Waals surface area contributed by atoms with Crippen LogP contribution in [0.15, 0.2) is 24.3 Å². The Kier molecular flexibility index (Phi) is 2.72. The number of anilines is 1. The van der Waals surface area contributed by atoms with Crippen molar-refractivity contribution in [3.8, 4) is 0 Å². The van der Waals surface area contributed by atoms with E-state index in [0.29, 0.717) is 12.1 Å². The van der Waals surface area contributed by atoms with E-state index in [4.69, 9.17) is 9.72 Å². The molecule has 0 spiro atoms. The topological polar surface area (TPSA) is 28.6 Å². The number of para-hydroxylation sites is 1. The lowest BCUT2D eigenvalue weighted by atomic mass is 10.1. The molecule has 0 saturated carbocycles. The van der Waals surface area contributed by atoms with E-state index in [1.807, 2.05) is 6.07 Å². The molecule has 1 aromatic carbocycles. The molecule has 4 rings (SSSR count). The number of benzene rings is 1. The van der Waals surface area contributed by atoms with Gasteiger partial charge in [0.2, 0.25) is 0 Å². The second-order valence-electron chi connectivity index (χ2n) is 5.33. The normalized spacial score (nSPS) is 27.9. The highest BCUT2D eigenvalue weighted by atomic mass is 32.1. The average Bonchev–Trinajstić information content (AvgIpc) is 3.02. The van der Waals surface area contributed by atoms with Crippen molar-refractivity contribution >= 4 is 26.7 Å². The number of hydrogen-bond acceptors (Lipinski definition) is 5. The fraction of sp³-hybridized carbons (Fsp3) is 0.500. The largest absolute Gasteiger partial charge is 0.373 e. The molecule has 0 bridgehead atoms. The Labute approximate surface area is 116 Å². The number of thiazole rings is 1. The number of hydrogen-bond donors (Lipinski definition) is 0. The Morgan fingerprint density at radius 3 is 3.05 bits per heavy atom. The Balaban J connectivity index is 1.63. The van der Waals surface area contributed by atoms with Crippen LogP contribution in [0.5, 0.6) is 0 Å². The molecule has 2 saturated heterocycles. The summed E-state index contributed by atoms with van der Waals surface area (Å²) in [6, 6.07) is 8.86. The van der Waals surface area contributed by atoms with Gasteiger partial charge in [0.1, 0.15) is 0 Å². The highest BCUT2D eigenvalue weighted by Crippen LogP contribution is 2.32. The molecule has 19 heavy (non-hydrogen) atoms. The first-order valence-corrected chi connectivity index (χ1v) is 7.55. The van der Waals surface area contributed by atoms with Crippen LogP contribution in [0.2, 0.25) is 0 Å². The number of likely N-dealkylation sites (N-methyl/N-ethyl adjacent to an activating group) is 1. The lowest BCUT2D eigenvalue weighted by Crippen LogP contribution is -2.48. The van der Waals surface area contributed by atoms with Gasteiger partial charge in [-0.2, -0.15) is 0 Å². The minimum absolute atomic E-state index is 0.339. The number of morpholine rings is 1. The molecule has 2 aliphatic rings. The molecule has 2 aliphatic heterocycles. The van der Waals surface area contributed by atoms with E-state index >= 15 is 0 Å². The van der Waals surface area contributed by atoms with E-state index in [0.717, 1.165) is 36.9 Å². The number of fused-ring (bicyclic) bond motifs is 2. The number of nitrogens with zero attached hydrogens (tertiary/aromatic N) is 3. The Bertz CT molecular complexity index is 566. The van der Waals surface area contributed by atoms with Crippen molar-refractivity contribution in [3.05, 3.63) is 24.3 Å². The zero-order valence-corrected chi connectivity index (χ0v) is 11.8. The molecule has 3 heterocycles. The molecule has 0 N–H and O–H groups in total. The van der Waals surface area contributed by atoms with Crippen LogP contribution in [0.3, 0.4) is 0 Å². The summed E-state index contributed by atoms with van der Waals surface area (Å²) in [6.45, 7) is 3.88. The molecule has 4 nitrogen and oxygen atoms in total. The minimum Gasteiger partial charge on any atom is -0.373 e. The zero-order chi connectivity index (χ0) is 12.8. The van der Waals surface area contributed by atoms with Gasteiger partial charge in [0.25, 0.3) is 0 Å². The van der Waals surface area contributed by atoms with Crippen LogP contribution in [0.4, 0.5) is 5.13 Å². The maximum Gasteiger partial charge on any atom is 0.186 e. The van der Waals surface area contributed by atoms with Crippen LogP contribution in [0, 0.1) is 0 Å². The smallest absolute Gasteiger partial charge is 0.186 e. The van der Waals surface area contributed by atoms with Crippen molar-refractivity contribution < 1.29 is 4.74 Å². The summed E-state index contributed by atoms with van der Waals surface area (Å²) >= 11 is 1.78. The highest BCUT2D eigenvalue weighted by molar-refractivity contribution is 7.22. The van der Waals surface area contributed by atoms with Crippen LogP contribution in [-0.4, -0.2) is 55.3 Å². The van der Waals surface area contributed by atoms with Gasteiger partial charge in [-0.15, -0.1) is 0 Å². The average molecular weight is 275 g/mol. The van der Waals surface area contributed by atoms with Gasteiger partial charge in [-0.3, -0.25) is 4.90 Å². The summed E-state index contributed by atoms with van der Waals surface area (Å²) in [7, 11) is 2.20. The molecule has 0 amide bonds. The van der Waals surface area contributed by atoms with Gasteiger partial charge in [0.15, 0.2) is 5.13 Å². The van der Waals surface area contributed by atoms with Crippen molar-refractivity contribution in [2.45, 2.75) is 12.1 Å². The van der Waals surface area contributed by atoms with Crippen LogP contribution < -0.4 is 4.90 Å². The van der Waals surface area contributed by atoms with Crippen molar-refractivity contribution in [3.63, 3.8) is 0 Å². The molecule has 2 fully saturated rings. The number of ether oxygens (including phenoxy) is 1. The van der Waals surface area contributed by atoms with E-state index in [1.165, 1.54) is 4.70 Å². The maximum atomic E-state index is 5.89. The number of aromatic nitrogens is 1. The molecule has 5 heteroatoms. The second kappa shape index (κ2) is 4.44. The maximum absolute atomic E-state index is 5.89.